The van der Waals surface area contributed by atoms with Crippen molar-refractivity contribution >= 4 is 17.2 Å². The van der Waals surface area contributed by atoms with Crippen LogP contribution in [0.1, 0.15) is 18.4 Å². The number of carbonyl (C=O) groups is 1. The van der Waals surface area contributed by atoms with E-state index in [1.54, 1.807) is 0 Å². The van der Waals surface area contributed by atoms with E-state index in [9.17, 15) is 4.79 Å². The summed E-state index contributed by atoms with van der Waals surface area (Å²) in [5.74, 6) is 1.52. The van der Waals surface area contributed by atoms with Crippen LogP contribution in [0.2, 0.25) is 0 Å². The first-order chi connectivity index (χ1) is 9.08. The largest absolute Gasteiger partial charge is 0.459 e. The Hall–Kier alpha value is -1.66. The lowest BCUT2D eigenvalue weighted by molar-refractivity contribution is -0.121. The smallest absolute Gasteiger partial charge is 0.226 e. The highest BCUT2D eigenvalue weighted by Crippen LogP contribution is 2.25. The van der Waals surface area contributed by atoms with Gasteiger partial charge in [-0.05, 0) is 26.0 Å². The Morgan fingerprint density at radius 3 is 3.00 bits per heavy atom. The average Bonchev–Trinajstić information content (AvgIpc) is 2.97. The molecule has 0 aliphatic heterocycles. The molecule has 3 N–H and O–H groups in total. The number of amides is 1. The summed E-state index contributed by atoms with van der Waals surface area (Å²) in [6.07, 6.45) is 0.264. The van der Waals surface area contributed by atoms with Crippen molar-refractivity contribution in [2.24, 2.45) is 5.73 Å². The minimum absolute atomic E-state index is 0.0154. The lowest BCUT2D eigenvalue weighted by Crippen LogP contribution is -2.38. The molecule has 0 aromatic carbocycles. The molecule has 0 radical (unpaired) electrons. The van der Waals surface area contributed by atoms with Gasteiger partial charge in [-0.2, -0.15) is 0 Å². The number of nitrogens with one attached hydrogen (secondary N) is 1. The van der Waals surface area contributed by atoms with Crippen molar-refractivity contribution in [2.75, 3.05) is 6.54 Å². The predicted octanol–water partition coefficient (Wildman–Crippen LogP) is 1.72. The Morgan fingerprint density at radius 2 is 2.37 bits per heavy atom. The summed E-state index contributed by atoms with van der Waals surface area (Å²) in [6.45, 7) is 4.19. The van der Waals surface area contributed by atoms with E-state index in [0.717, 1.165) is 22.2 Å². The highest BCUT2D eigenvalue weighted by atomic mass is 32.1. The summed E-state index contributed by atoms with van der Waals surface area (Å²) in [5.41, 5.74) is 6.20. The molecule has 0 unspecified atom stereocenters. The van der Waals surface area contributed by atoms with E-state index < -0.39 is 0 Å². The molecule has 1 amide bonds. The number of nitrogens with two attached hydrogens (primary N) is 1. The molecule has 2 heterocycles. The van der Waals surface area contributed by atoms with E-state index >= 15 is 0 Å². The normalized spacial score (nSPS) is 12.4. The predicted molar refractivity (Wildman–Crippen MR) is 74.9 cm³/mol. The van der Waals surface area contributed by atoms with Gasteiger partial charge in [-0.1, -0.05) is 0 Å². The van der Waals surface area contributed by atoms with Gasteiger partial charge in [0.15, 0.2) is 10.8 Å². The van der Waals surface area contributed by atoms with Gasteiger partial charge in [0, 0.05) is 18.0 Å². The second-order valence-electron chi connectivity index (χ2n) is 4.44. The van der Waals surface area contributed by atoms with Crippen LogP contribution in [0.3, 0.4) is 0 Å². The van der Waals surface area contributed by atoms with Crippen LogP contribution >= 0.6 is 11.3 Å². The minimum Gasteiger partial charge on any atom is -0.459 e. The van der Waals surface area contributed by atoms with Gasteiger partial charge in [0.2, 0.25) is 5.91 Å². The average molecular weight is 279 g/mol. The number of aryl methyl sites for hydroxylation is 1. The zero-order valence-electron chi connectivity index (χ0n) is 11.0. The molecule has 0 fully saturated rings. The zero-order valence-corrected chi connectivity index (χ0v) is 11.8. The fraction of sp³-hybridized carbons (Fsp3) is 0.385. The zero-order chi connectivity index (χ0) is 13.8. The standard InChI is InChI=1S/C13H17N3O2S/c1-8(6-14)15-12(17)5-10-7-19-13(16-10)11-4-3-9(2)18-11/h3-4,7-8H,5-6,14H2,1-2H3,(H,15,17)/t8-/m0/s1. The molecule has 2 rings (SSSR count). The number of nitrogens with zero attached hydrogens (tertiary/aromatic N) is 1. The van der Waals surface area contributed by atoms with E-state index in [4.69, 9.17) is 10.2 Å². The molecule has 5 nitrogen and oxygen atoms in total. The number of carbonyl (C=O) groups excluding carboxylic acids is 1. The maximum Gasteiger partial charge on any atom is 0.226 e. The van der Waals surface area contributed by atoms with Crippen LogP contribution in [-0.4, -0.2) is 23.5 Å². The molecular weight excluding hydrogens is 262 g/mol. The highest BCUT2D eigenvalue weighted by molar-refractivity contribution is 7.13. The maximum atomic E-state index is 11.7. The number of rotatable bonds is 5. The first kappa shape index (κ1) is 13.8. The monoisotopic (exact) mass is 279 g/mol. The first-order valence-corrected chi connectivity index (χ1v) is 6.97. The number of hydrogen-bond donors (Lipinski definition) is 2. The fourth-order valence-corrected chi connectivity index (χ4v) is 2.38. The lowest BCUT2D eigenvalue weighted by atomic mass is 10.3. The van der Waals surface area contributed by atoms with Crippen LogP contribution in [0.5, 0.6) is 0 Å². The quantitative estimate of drug-likeness (QED) is 0.873. The first-order valence-electron chi connectivity index (χ1n) is 6.09. The van der Waals surface area contributed by atoms with Gasteiger partial charge < -0.3 is 15.5 Å². The topological polar surface area (TPSA) is 81.2 Å². The summed E-state index contributed by atoms with van der Waals surface area (Å²) < 4.78 is 5.50. The van der Waals surface area contributed by atoms with Gasteiger partial charge in [-0.3, -0.25) is 4.79 Å². The van der Waals surface area contributed by atoms with Crippen molar-refractivity contribution in [1.29, 1.82) is 0 Å². The molecule has 19 heavy (non-hydrogen) atoms. The number of furan rings is 1. The molecule has 102 valence electrons. The second kappa shape index (κ2) is 5.99. The summed E-state index contributed by atoms with van der Waals surface area (Å²) in [7, 11) is 0. The molecule has 0 aliphatic rings. The summed E-state index contributed by atoms with van der Waals surface area (Å²) >= 11 is 1.47. The molecule has 0 spiro atoms. The van der Waals surface area contributed by atoms with E-state index in [-0.39, 0.29) is 18.4 Å². The Labute approximate surface area is 115 Å². The van der Waals surface area contributed by atoms with Crippen LogP contribution in [0, 0.1) is 6.92 Å². The number of hydrogen-bond acceptors (Lipinski definition) is 5. The van der Waals surface area contributed by atoms with Crippen molar-refractivity contribution in [3.63, 3.8) is 0 Å². The van der Waals surface area contributed by atoms with Gasteiger partial charge in [0.05, 0.1) is 12.1 Å². The van der Waals surface area contributed by atoms with Crippen LogP contribution in [0.4, 0.5) is 0 Å². The van der Waals surface area contributed by atoms with Crippen LogP contribution in [-0.2, 0) is 11.2 Å². The van der Waals surface area contributed by atoms with Gasteiger partial charge >= 0.3 is 0 Å². The summed E-state index contributed by atoms with van der Waals surface area (Å²) in [6, 6.07) is 3.76. The van der Waals surface area contributed by atoms with Crippen LogP contribution in [0.25, 0.3) is 10.8 Å². The van der Waals surface area contributed by atoms with Crippen molar-refractivity contribution in [3.8, 4) is 10.8 Å². The minimum atomic E-state index is -0.0644. The fourth-order valence-electron chi connectivity index (χ4n) is 1.60. The molecule has 1 atom stereocenters. The molecular formula is C13H17N3O2S. The third-order valence-electron chi connectivity index (χ3n) is 2.61. The summed E-state index contributed by atoms with van der Waals surface area (Å²) in [5, 5.41) is 5.48. The Morgan fingerprint density at radius 1 is 1.58 bits per heavy atom. The Bertz CT molecular complexity index is 562. The Kier molecular flexibility index (Phi) is 4.34. The molecule has 2 aromatic heterocycles. The third kappa shape index (κ3) is 3.65. The highest BCUT2D eigenvalue weighted by Gasteiger charge is 2.12. The molecule has 0 saturated heterocycles. The maximum absolute atomic E-state index is 11.7. The van der Waals surface area contributed by atoms with Crippen LogP contribution in [0.15, 0.2) is 21.9 Å². The van der Waals surface area contributed by atoms with Gasteiger partial charge in [-0.25, -0.2) is 4.98 Å². The van der Waals surface area contributed by atoms with Gasteiger partial charge in [0.1, 0.15) is 5.76 Å². The van der Waals surface area contributed by atoms with Gasteiger partial charge in [-0.15, -0.1) is 11.3 Å². The molecule has 2 aromatic rings. The van der Waals surface area contributed by atoms with E-state index in [2.05, 4.69) is 10.3 Å². The molecule has 6 heteroatoms. The van der Waals surface area contributed by atoms with Crippen molar-refractivity contribution in [1.82, 2.24) is 10.3 Å². The lowest BCUT2D eigenvalue weighted by Gasteiger charge is -2.09. The van der Waals surface area contributed by atoms with Gasteiger partial charge in [0.25, 0.3) is 0 Å². The van der Waals surface area contributed by atoms with Crippen molar-refractivity contribution in [2.45, 2.75) is 26.3 Å². The van der Waals surface area contributed by atoms with Crippen LogP contribution < -0.4 is 11.1 Å². The molecule has 0 aliphatic carbocycles. The van der Waals surface area contributed by atoms with E-state index in [1.165, 1.54) is 11.3 Å². The SMILES string of the molecule is Cc1ccc(-c2nc(CC(=O)N[C@@H](C)CN)cs2)o1. The van der Waals surface area contributed by atoms with E-state index in [0.29, 0.717) is 6.54 Å². The summed E-state index contributed by atoms with van der Waals surface area (Å²) in [4.78, 5) is 16.1. The molecule has 0 saturated carbocycles. The second-order valence-corrected chi connectivity index (χ2v) is 5.29. The Balaban J connectivity index is 2.00. The third-order valence-corrected chi connectivity index (χ3v) is 3.51. The van der Waals surface area contributed by atoms with E-state index in [1.807, 2.05) is 31.4 Å². The number of aromatic nitrogens is 1. The molecule has 0 bridgehead atoms. The number of thiazole rings is 1. The van der Waals surface area contributed by atoms with Crippen molar-refractivity contribution in [3.05, 3.63) is 29.0 Å². The van der Waals surface area contributed by atoms with Crippen molar-refractivity contribution < 1.29 is 9.21 Å².